The third kappa shape index (κ3) is 5.28. The second kappa shape index (κ2) is 6.83. The van der Waals surface area contributed by atoms with Gasteiger partial charge in [-0.3, -0.25) is 19.3 Å². The molecule has 1 fully saturated rings. The molecule has 20 heavy (non-hydrogen) atoms. The van der Waals surface area contributed by atoms with Crippen LogP contribution >= 0.6 is 0 Å². The highest BCUT2D eigenvalue weighted by Gasteiger charge is 2.29. The van der Waals surface area contributed by atoms with Crippen molar-refractivity contribution in [1.82, 2.24) is 10.2 Å². The molecule has 114 valence electrons. The highest BCUT2D eigenvalue weighted by molar-refractivity contribution is 6.02. The maximum atomic E-state index is 11.7. The second-order valence-corrected chi connectivity index (χ2v) is 6.06. The quantitative estimate of drug-likeness (QED) is 0.664. The highest BCUT2D eigenvalue weighted by atomic mass is 16.3. The average molecular weight is 284 g/mol. The lowest BCUT2D eigenvalue weighted by molar-refractivity contribution is -0.138. The van der Waals surface area contributed by atoms with Crippen LogP contribution in [0.4, 0.5) is 0 Å². The van der Waals surface area contributed by atoms with Crippen LogP contribution in [0.3, 0.4) is 0 Å². The van der Waals surface area contributed by atoms with Crippen molar-refractivity contribution in [2.24, 2.45) is 5.92 Å². The molecule has 0 radical (unpaired) electrons. The molecule has 0 aromatic rings. The number of hydrogen-bond acceptors (Lipinski definition) is 4. The summed E-state index contributed by atoms with van der Waals surface area (Å²) in [5.41, 5.74) is -0.941. The molecule has 1 atom stereocenters. The van der Waals surface area contributed by atoms with Crippen LogP contribution in [0.1, 0.15) is 46.5 Å². The van der Waals surface area contributed by atoms with Crippen molar-refractivity contribution in [3.05, 3.63) is 0 Å². The van der Waals surface area contributed by atoms with Crippen LogP contribution in [-0.4, -0.2) is 46.4 Å². The van der Waals surface area contributed by atoms with Crippen molar-refractivity contribution in [3.63, 3.8) is 0 Å². The van der Waals surface area contributed by atoms with Gasteiger partial charge in [-0.25, -0.2) is 0 Å². The third-order valence-electron chi connectivity index (χ3n) is 3.23. The van der Waals surface area contributed by atoms with Gasteiger partial charge >= 0.3 is 0 Å². The topological polar surface area (TPSA) is 86.7 Å². The van der Waals surface area contributed by atoms with Gasteiger partial charge in [-0.05, 0) is 19.3 Å². The molecule has 0 aliphatic carbocycles. The van der Waals surface area contributed by atoms with Gasteiger partial charge in [0.05, 0.1) is 5.60 Å². The van der Waals surface area contributed by atoms with E-state index in [0.29, 0.717) is 12.3 Å². The summed E-state index contributed by atoms with van der Waals surface area (Å²) < 4.78 is 0. The van der Waals surface area contributed by atoms with Crippen molar-refractivity contribution >= 4 is 17.7 Å². The Labute approximate surface area is 119 Å². The number of aliphatic hydroxyl groups is 1. The van der Waals surface area contributed by atoms with Gasteiger partial charge in [-0.15, -0.1) is 0 Å². The molecule has 0 bridgehead atoms. The van der Waals surface area contributed by atoms with Crippen LogP contribution in [0.5, 0.6) is 0 Å². The van der Waals surface area contributed by atoms with Crippen molar-refractivity contribution in [2.75, 3.05) is 13.1 Å². The number of nitrogens with one attached hydrogen (secondary N) is 1. The summed E-state index contributed by atoms with van der Waals surface area (Å²) in [5, 5.41) is 12.7. The Hall–Kier alpha value is -1.43. The van der Waals surface area contributed by atoms with Gasteiger partial charge in [-0.1, -0.05) is 13.8 Å². The minimum Gasteiger partial charge on any atom is -0.388 e. The number of nitrogens with zero attached hydrogens (tertiary/aromatic N) is 1. The van der Waals surface area contributed by atoms with E-state index in [1.165, 1.54) is 0 Å². The van der Waals surface area contributed by atoms with Crippen molar-refractivity contribution in [3.8, 4) is 0 Å². The van der Waals surface area contributed by atoms with Gasteiger partial charge in [0.2, 0.25) is 17.7 Å². The first-order valence-electron chi connectivity index (χ1n) is 7.03. The maximum Gasteiger partial charge on any atom is 0.229 e. The monoisotopic (exact) mass is 284 g/mol. The molecule has 1 aliphatic rings. The maximum absolute atomic E-state index is 11.7. The lowest BCUT2D eigenvalue weighted by Crippen LogP contribution is -2.42. The Morgan fingerprint density at radius 1 is 1.35 bits per heavy atom. The fourth-order valence-corrected chi connectivity index (χ4v) is 2.41. The summed E-state index contributed by atoms with van der Waals surface area (Å²) in [6, 6.07) is 0. The molecule has 1 unspecified atom stereocenters. The molecule has 6 heteroatoms. The number of hydrogen-bond donors (Lipinski definition) is 2. The summed E-state index contributed by atoms with van der Waals surface area (Å²) in [6.07, 6.45) is 1.15. The Bertz CT molecular complexity index is 375. The SMILES string of the molecule is CC(C)CC(C)(O)CNC(=O)CCN1C(=O)CCC1=O. The molecule has 1 saturated heterocycles. The smallest absolute Gasteiger partial charge is 0.229 e. The molecular formula is C14H24N2O4. The number of imide groups is 1. The Balaban J connectivity index is 2.30. The minimum absolute atomic E-state index is 0.0786. The van der Waals surface area contributed by atoms with Crippen molar-refractivity contribution in [2.45, 2.75) is 52.1 Å². The number of rotatable bonds is 7. The average Bonchev–Trinajstić information content (AvgIpc) is 2.62. The van der Waals surface area contributed by atoms with Crippen LogP contribution in [0.15, 0.2) is 0 Å². The van der Waals surface area contributed by atoms with E-state index in [0.717, 1.165) is 4.90 Å². The van der Waals surface area contributed by atoms with E-state index in [1.807, 2.05) is 13.8 Å². The minimum atomic E-state index is -0.941. The highest BCUT2D eigenvalue weighted by Crippen LogP contribution is 2.15. The molecule has 1 rings (SSSR count). The van der Waals surface area contributed by atoms with Crippen LogP contribution in [0.25, 0.3) is 0 Å². The summed E-state index contributed by atoms with van der Waals surface area (Å²) in [7, 11) is 0. The number of likely N-dealkylation sites (tertiary alicyclic amines) is 1. The van der Waals surface area contributed by atoms with Gasteiger partial charge in [0.15, 0.2) is 0 Å². The van der Waals surface area contributed by atoms with E-state index in [-0.39, 0.29) is 50.1 Å². The van der Waals surface area contributed by atoms with E-state index in [2.05, 4.69) is 5.32 Å². The van der Waals surface area contributed by atoms with E-state index in [9.17, 15) is 19.5 Å². The van der Waals surface area contributed by atoms with Gasteiger partial charge in [-0.2, -0.15) is 0 Å². The Morgan fingerprint density at radius 3 is 2.40 bits per heavy atom. The van der Waals surface area contributed by atoms with Crippen molar-refractivity contribution < 1.29 is 19.5 Å². The normalized spacial score (nSPS) is 18.6. The molecule has 0 saturated carbocycles. The zero-order chi connectivity index (χ0) is 15.3. The van der Waals surface area contributed by atoms with Gasteiger partial charge in [0.1, 0.15) is 0 Å². The fourth-order valence-electron chi connectivity index (χ4n) is 2.41. The number of carbonyl (C=O) groups is 3. The van der Waals surface area contributed by atoms with Crippen LogP contribution in [0.2, 0.25) is 0 Å². The third-order valence-corrected chi connectivity index (χ3v) is 3.23. The summed E-state index contributed by atoms with van der Waals surface area (Å²) in [5.74, 6) is -0.354. The Morgan fingerprint density at radius 2 is 1.90 bits per heavy atom. The first kappa shape index (κ1) is 16.6. The van der Waals surface area contributed by atoms with Crippen molar-refractivity contribution in [1.29, 1.82) is 0 Å². The predicted molar refractivity (Wildman–Crippen MR) is 73.7 cm³/mol. The van der Waals surface area contributed by atoms with Gasteiger partial charge in [0, 0.05) is 32.4 Å². The largest absolute Gasteiger partial charge is 0.388 e. The van der Waals surface area contributed by atoms with E-state index < -0.39 is 5.60 Å². The zero-order valence-corrected chi connectivity index (χ0v) is 12.4. The van der Waals surface area contributed by atoms with Gasteiger partial charge < -0.3 is 10.4 Å². The predicted octanol–water partition coefficient (Wildman–Crippen LogP) is 0.439. The first-order valence-corrected chi connectivity index (χ1v) is 7.03. The molecular weight excluding hydrogens is 260 g/mol. The zero-order valence-electron chi connectivity index (χ0n) is 12.4. The van der Waals surface area contributed by atoms with E-state index >= 15 is 0 Å². The van der Waals surface area contributed by atoms with Crippen LogP contribution in [0, 0.1) is 5.92 Å². The molecule has 3 amide bonds. The van der Waals surface area contributed by atoms with E-state index in [4.69, 9.17) is 0 Å². The summed E-state index contributed by atoms with van der Waals surface area (Å²) in [4.78, 5) is 35.5. The standard InChI is InChI=1S/C14H24N2O4/c1-10(2)8-14(3,20)9-15-11(17)6-7-16-12(18)4-5-13(16)19/h10,20H,4-9H2,1-3H3,(H,15,17). The first-order chi connectivity index (χ1) is 9.21. The molecule has 2 N–H and O–H groups in total. The molecule has 0 spiro atoms. The molecule has 6 nitrogen and oxygen atoms in total. The lowest BCUT2D eigenvalue weighted by atomic mass is 9.94. The van der Waals surface area contributed by atoms with E-state index in [1.54, 1.807) is 6.92 Å². The fraction of sp³-hybridized carbons (Fsp3) is 0.786. The van der Waals surface area contributed by atoms with Crippen LogP contribution < -0.4 is 5.32 Å². The Kier molecular flexibility index (Phi) is 5.68. The number of amides is 3. The second-order valence-electron chi connectivity index (χ2n) is 6.06. The molecule has 1 heterocycles. The lowest BCUT2D eigenvalue weighted by Gasteiger charge is -2.25. The number of carbonyl (C=O) groups excluding carboxylic acids is 3. The summed E-state index contributed by atoms with van der Waals surface area (Å²) in [6.45, 7) is 5.98. The van der Waals surface area contributed by atoms with Gasteiger partial charge in [0.25, 0.3) is 0 Å². The molecule has 0 aromatic carbocycles. The molecule has 0 aromatic heterocycles. The summed E-state index contributed by atoms with van der Waals surface area (Å²) >= 11 is 0. The molecule has 1 aliphatic heterocycles. The van der Waals surface area contributed by atoms with Crippen LogP contribution in [-0.2, 0) is 14.4 Å².